The largest absolute Gasteiger partial charge is 0.370 e. The zero-order valence-electron chi connectivity index (χ0n) is 17.5. The number of hydrogen-bond acceptors (Lipinski definition) is 6. The molecular weight excluding hydrogens is 414 g/mol. The van der Waals surface area contributed by atoms with Crippen molar-refractivity contribution in [3.8, 4) is 11.3 Å². The summed E-state index contributed by atoms with van der Waals surface area (Å²) >= 11 is 0. The summed E-state index contributed by atoms with van der Waals surface area (Å²) in [5.41, 5.74) is 0.452. The number of morpholine rings is 1. The smallest absolute Gasteiger partial charge is 0.275 e. The fourth-order valence-electron chi connectivity index (χ4n) is 3.80. The molecule has 0 saturated carbocycles. The molecule has 2 heterocycles. The Hall–Kier alpha value is -3.63. The number of non-ortho nitro benzene ring substituents is 1. The van der Waals surface area contributed by atoms with E-state index in [1.165, 1.54) is 17.0 Å². The highest BCUT2D eigenvalue weighted by Gasteiger charge is 2.17. The van der Waals surface area contributed by atoms with Crippen molar-refractivity contribution in [3.05, 3.63) is 69.0 Å². The first-order valence-corrected chi connectivity index (χ1v) is 10.5. The molecule has 0 atom stereocenters. The van der Waals surface area contributed by atoms with Gasteiger partial charge < -0.3 is 15.0 Å². The number of amides is 1. The van der Waals surface area contributed by atoms with Crippen molar-refractivity contribution >= 4 is 22.4 Å². The van der Waals surface area contributed by atoms with Crippen molar-refractivity contribution in [2.75, 3.05) is 39.4 Å². The topological polar surface area (TPSA) is 121 Å². The lowest BCUT2D eigenvalue weighted by molar-refractivity contribution is -0.906. The summed E-state index contributed by atoms with van der Waals surface area (Å²) < 4.78 is 6.45. The minimum absolute atomic E-state index is 0.0745. The molecule has 1 aromatic heterocycles. The van der Waals surface area contributed by atoms with Gasteiger partial charge in [-0.3, -0.25) is 19.7 Å². The third-order valence-corrected chi connectivity index (χ3v) is 5.49. The molecule has 0 radical (unpaired) electrons. The van der Waals surface area contributed by atoms with Gasteiger partial charge in [0.25, 0.3) is 11.2 Å². The van der Waals surface area contributed by atoms with Crippen molar-refractivity contribution in [2.24, 2.45) is 0 Å². The second kappa shape index (κ2) is 9.67. The van der Waals surface area contributed by atoms with Crippen molar-refractivity contribution in [1.82, 2.24) is 15.1 Å². The molecule has 1 saturated heterocycles. The van der Waals surface area contributed by atoms with Gasteiger partial charge in [-0.15, -0.1) is 0 Å². The normalized spacial score (nSPS) is 14.4. The number of ether oxygens (including phenoxy) is 1. The average molecular weight is 438 g/mol. The number of nitro benzene ring substituents is 1. The van der Waals surface area contributed by atoms with Crippen LogP contribution in [0.25, 0.3) is 22.0 Å². The van der Waals surface area contributed by atoms with E-state index in [9.17, 15) is 19.7 Å². The second-order valence-electron chi connectivity index (χ2n) is 7.63. The van der Waals surface area contributed by atoms with Crippen LogP contribution in [0.5, 0.6) is 0 Å². The van der Waals surface area contributed by atoms with Crippen LogP contribution in [-0.4, -0.2) is 60.0 Å². The summed E-state index contributed by atoms with van der Waals surface area (Å²) in [6.07, 6.45) is 0. The van der Waals surface area contributed by atoms with Crippen LogP contribution in [0.15, 0.2) is 53.3 Å². The minimum atomic E-state index is -0.481. The summed E-state index contributed by atoms with van der Waals surface area (Å²) in [6, 6.07) is 13.0. The van der Waals surface area contributed by atoms with Gasteiger partial charge in [-0.25, -0.2) is 4.68 Å². The molecule has 1 amide bonds. The quantitative estimate of drug-likeness (QED) is 0.396. The Kier molecular flexibility index (Phi) is 6.52. The van der Waals surface area contributed by atoms with Crippen molar-refractivity contribution < 1.29 is 19.4 Å². The summed E-state index contributed by atoms with van der Waals surface area (Å²) in [4.78, 5) is 37.5. The van der Waals surface area contributed by atoms with Crippen LogP contribution < -0.4 is 15.8 Å². The van der Waals surface area contributed by atoms with E-state index in [0.29, 0.717) is 28.6 Å². The van der Waals surface area contributed by atoms with Gasteiger partial charge in [0, 0.05) is 23.1 Å². The highest BCUT2D eigenvalue weighted by Crippen LogP contribution is 2.27. The van der Waals surface area contributed by atoms with Crippen molar-refractivity contribution in [2.45, 2.75) is 6.54 Å². The molecule has 1 aliphatic rings. The summed E-state index contributed by atoms with van der Waals surface area (Å²) in [5.74, 6) is -0.312. The van der Waals surface area contributed by atoms with Gasteiger partial charge in [0.1, 0.15) is 19.6 Å². The Morgan fingerprint density at radius 2 is 1.91 bits per heavy atom. The first-order valence-electron chi connectivity index (χ1n) is 10.5. The molecule has 4 rings (SSSR count). The Morgan fingerprint density at radius 3 is 2.66 bits per heavy atom. The highest BCUT2D eigenvalue weighted by atomic mass is 16.6. The van der Waals surface area contributed by atoms with Crippen LogP contribution in [0.1, 0.15) is 0 Å². The van der Waals surface area contributed by atoms with E-state index in [2.05, 4.69) is 10.4 Å². The van der Waals surface area contributed by atoms with Gasteiger partial charge >= 0.3 is 0 Å². The van der Waals surface area contributed by atoms with Gasteiger partial charge in [-0.1, -0.05) is 30.3 Å². The lowest BCUT2D eigenvalue weighted by atomic mass is 10.0. The molecule has 32 heavy (non-hydrogen) atoms. The van der Waals surface area contributed by atoms with Gasteiger partial charge in [0.15, 0.2) is 0 Å². The predicted molar refractivity (Wildman–Crippen MR) is 117 cm³/mol. The Bertz CT molecular complexity index is 1200. The zero-order valence-corrected chi connectivity index (χ0v) is 17.5. The summed E-state index contributed by atoms with van der Waals surface area (Å²) in [7, 11) is 0. The van der Waals surface area contributed by atoms with E-state index < -0.39 is 4.92 Å². The molecule has 0 spiro atoms. The lowest BCUT2D eigenvalue weighted by Crippen LogP contribution is -3.14. The number of aromatic nitrogens is 2. The molecular formula is C22H24N5O5+. The second-order valence-corrected chi connectivity index (χ2v) is 7.63. The maximum absolute atomic E-state index is 12.9. The predicted octanol–water partition coefficient (Wildman–Crippen LogP) is 0.00300. The van der Waals surface area contributed by atoms with Crippen LogP contribution >= 0.6 is 0 Å². The molecule has 10 nitrogen and oxygen atoms in total. The Morgan fingerprint density at radius 1 is 1.16 bits per heavy atom. The van der Waals surface area contributed by atoms with E-state index in [4.69, 9.17) is 4.74 Å². The maximum atomic E-state index is 12.9. The molecule has 1 aliphatic heterocycles. The zero-order chi connectivity index (χ0) is 22.5. The van der Waals surface area contributed by atoms with Gasteiger partial charge in [-0.05, 0) is 6.07 Å². The van der Waals surface area contributed by atoms with Crippen molar-refractivity contribution in [1.29, 1.82) is 0 Å². The van der Waals surface area contributed by atoms with E-state index >= 15 is 0 Å². The number of nitrogens with zero attached hydrogens (tertiary/aromatic N) is 3. The molecule has 0 unspecified atom stereocenters. The molecule has 0 aliphatic carbocycles. The van der Waals surface area contributed by atoms with Gasteiger partial charge in [-0.2, -0.15) is 5.10 Å². The van der Waals surface area contributed by atoms with Crippen molar-refractivity contribution in [3.63, 3.8) is 0 Å². The number of benzene rings is 2. The molecule has 0 bridgehead atoms. The number of carbonyl (C=O) groups excluding carboxylic acids is 1. The lowest BCUT2D eigenvalue weighted by Gasteiger charge is -2.23. The van der Waals surface area contributed by atoms with Crippen LogP contribution in [0, 0.1) is 10.1 Å². The molecule has 1 fully saturated rings. The number of rotatable bonds is 7. The number of fused-ring (bicyclic) bond motifs is 1. The summed E-state index contributed by atoms with van der Waals surface area (Å²) in [6.45, 7) is 4.31. The fraction of sp³-hybridized carbons (Fsp3) is 0.318. The number of quaternary nitrogens is 1. The van der Waals surface area contributed by atoms with Gasteiger partial charge in [0.2, 0.25) is 5.91 Å². The number of nitrogens with one attached hydrogen (secondary N) is 2. The Labute approximate surface area is 183 Å². The maximum Gasteiger partial charge on any atom is 0.275 e. The molecule has 10 heteroatoms. The SMILES string of the molecule is O=C(Cn1nc(-c2cccc([N+](=O)[O-])c2)c2ccccc2c1=O)NCC[NH+]1CCOCC1. The van der Waals surface area contributed by atoms with Crippen LogP contribution in [-0.2, 0) is 16.1 Å². The molecule has 2 N–H and O–H groups in total. The first kappa shape index (κ1) is 21.6. The average Bonchev–Trinajstić information content (AvgIpc) is 2.81. The highest BCUT2D eigenvalue weighted by molar-refractivity contribution is 5.94. The summed E-state index contributed by atoms with van der Waals surface area (Å²) in [5, 5.41) is 19.4. The van der Waals surface area contributed by atoms with E-state index in [1.807, 2.05) is 0 Å². The minimum Gasteiger partial charge on any atom is -0.370 e. The molecule has 2 aromatic carbocycles. The number of nitro groups is 1. The number of carbonyl (C=O) groups is 1. The van der Waals surface area contributed by atoms with Crippen LogP contribution in [0.2, 0.25) is 0 Å². The third-order valence-electron chi connectivity index (χ3n) is 5.49. The standard InChI is InChI=1S/C22H23N5O5/c28-20(23-8-9-25-10-12-32-13-11-25)15-26-22(29)19-7-2-1-6-18(19)21(24-26)16-4-3-5-17(14-16)27(30)31/h1-7,14H,8-13,15H2,(H,23,28)/p+1. The Balaban J connectivity index is 1.58. The first-order chi connectivity index (χ1) is 15.5. The molecule has 166 valence electrons. The molecule has 3 aromatic rings. The van der Waals surface area contributed by atoms with Gasteiger partial charge in [0.05, 0.1) is 42.3 Å². The fourth-order valence-corrected chi connectivity index (χ4v) is 3.80. The van der Waals surface area contributed by atoms with Crippen LogP contribution in [0.3, 0.4) is 0 Å². The van der Waals surface area contributed by atoms with E-state index in [0.717, 1.165) is 37.5 Å². The van der Waals surface area contributed by atoms with Crippen LogP contribution in [0.4, 0.5) is 5.69 Å². The monoisotopic (exact) mass is 438 g/mol. The number of hydrogen-bond donors (Lipinski definition) is 2. The third kappa shape index (κ3) is 4.82. The van der Waals surface area contributed by atoms with E-state index in [-0.39, 0.29) is 23.7 Å². The van der Waals surface area contributed by atoms with E-state index in [1.54, 1.807) is 36.4 Å².